The molecule has 0 saturated carbocycles. The van der Waals surface area contributed by atoms with Crippen LogP contribution in [0.25, 0.3) is 0 Å². The average molecular weight is 456 g/mol. The zero-order valence-corrected chi connectivity index (χ0v) is 19.4. The van der Waals surface area contributed by atoms with E-state index in [4.69, 9.17) is 0 Å². The Morgan fingerprint density at radius 1 is 1.12 bits per heavy atom. The minimum absolute atomic E-state index is 0.0145. The summed E-state index contributed by atoms with van der Waals surface area (Å²) in [5, 5.41) is 2.49. The Kier molecular flexibility index (Phi) is 9.36. The monoisotopic (exact) mass is 455 g/mol. The number of pyridine rings is 1. The van der Waals surface area contributed by atoms with Gasteiger partial charge in [-0.25, -0.2) is 4.39 Å². The van der Waals surface area contributed by atoms with E-state index >= 15 is 0 Å². The second-order valence-electron chi connectivity index (χ2n) is 8.78. The van der Waals surface area contributed by atoms with Crippen LogP contribution in [0.5, 0.6) is 0 Å². The van der Waals surface area contributed by atoms with Gasteiger partial charge in [0.2, 0.25) is 0 Å². The fraction of sp³-hybridized carbons (Fsp3) is 0.500. The highest BCUT2D eigenvalue weighted by Crippen LogP contribution is 2.23. The molecule has 1 N–H and O–H groups in total. The van der Waals surface area contributed by atoms with Crippen molar-refractivity contribution < 1.29 is 14.0 Å². The molecule has 1 aromatic carbocycles. The number of carbonyl (C=O) groups is 2. The molecule has 3 rings (SSSR count). The number of carbonyl (C=O) groups excluding carboxylic acids is 2. The van der Waals surface area contributed by atoms with Crippen LogP contribution in [0.15, 0.2) is 47.4 Å². The molecule has 1 aliphatic rings. The predicted octanol–water partition coefficient (Wildman–Crippen LogP) is 3.68. The van der Waals surface area contributed by atoms with Crippen molar-refractivity contribution in [3.05, 3.63) is 69.6 Å². The average Bonchev–Trinajstić information content (AvgIpc) is 2.84. The highest BCUT2D eigenvalue weighted by atomic mass is 19.1. The van der Waals surface area contributed by atoms with Crippen molar-refractivity contribution in [2.24, 2.45) is 5.92 Å². The van der Waals surface area contributed by atoms with Crippen molar-refractivity contribution in [3.8, 4) is 0 Å². The van der Waals surface area contributed by atoms with Crippen molar-refractivity contribution in [2.45, 2.75) is 45.1 Å². The molecule has 1 amide bonds. The molecule has 1 aromatic heterocycles. The molecular formula is C26H34FN3O3. The number of ketones is 1. The van der Waals surface area contributed by atoms with Crippen molar-refractivity contribution in [2.75, 3.05) is 33.4 Å². The van der Waals surface area contributed by atoms with Crippen LogP contribution < -0.4 is 10.9 Å². The maximum Gasteiger partial charge on any atom is 0.263 e. The van der Waals surface area contributed by atoms with Crippen molar-refractivity contribution in [1.82, 2.24) is 14.8 Å². The summed E-state index contributed by atoms with van der Waals surface area (Å²) in [7, 11) is 1.47. The summed E-state index contributed by atoms with van der Waals surface area (Å²) < 4.78 is 13.9. The van der Waals surface area contributed by atoms with Gasteiger partial charge in [0.1, 0.15) is 12.2 Å². The Bertz CT molecular complexity index is 982. The number of alkyl halides is 1. The Hall–Kier alpha value is -2.80. The van der Waals surface area contributed by atoms with E-state index < -0.39 is 11.5 Å². The van der Waals surface area contributed by atoms with Gasteiger partial charge in [-0.15, -0.1) is 0 Å². The SMILES string of the molecule is CNC(=O)c1cc(C(=O)CCCCC2CCN(CCF)CC2)cn(Cc2ccccc2)c1=O. The number of piperidine rings is 1. The molecule has 2 heterocycles. The van der Waals surface area contributed by atoms with Gasteiger partial charge in [-0.2, -0.15) is 0 Å². The minimum Gasteiger partial charge on any atom is -0.355 e. The number of nitrogens with one attached hydrogen (secondary N) is 1. The van der Waals surface area contributed by atoms with Gasteiger partial charge in [0.05, 0.1) is 6.54 Å². The highest BCUT2D eigenvalue weighted by Gasteiger charge is 2.19. The lowest BCUT2D eigenvalue weighted by Gasteiger charge is -2.31. The molecule has 0 atom stereocenters. The lowest BCUT2D eigenvalue weighted by Crippen LogP contribution is -2.35. The first-order valence-corrected chi connectivity index (χ1v) is 11.8. The van der Waals surface area contributed by atoms with E-state index in [0.717, 1.165) is 50.8 Å². The fourth-order valence-electron chi connectivity index (χ4n) is 4.46. The van der Waals surface area contributed by atoms with Gasteiger partial charge in [0, 0.05) is 31.8 Å². The zero-order chi connectivity index (χ0) is 23.6. The van der Waals surface area contributed by atoms with Crippen LogP contribution >= 0.6 is 0 Å². The molecule has 1 fully saturated rings. The number of halogens is 1. The number of rotatable bonds is 11. The van der Waals surface area contributed by atoms with Gasteiger partial charge < -0.3 is 14.8 Å². The molecule has 178 valence electrons. The van der Waals surface area contributed by atoms with Crippen molar-refractivity contribution >= 4 is 11.7 Å². The minimum atomic E-state index is -0.490. The summed E-state index contributed by atoms with van der Waals surface area (Å²) in [4.78, 5) is 40.1. The molecule has 0 radical (unpaired) electrons. The number of likely N-dealkylation sites (tertiary alicyclic amines) is 1. The largest absolute Gasteiger partial charge is 0.355 e. The summed E-state index contributed by atoms with van der Waals surface area (Å²) in [6.45, 7) is 2.46. The second-order valence-corrected chi connectivity index (χ2v) is 8.78. The number of amides is 1. The first kappa shape index (κ1) is 24.8. The van der Waals surface area contributed by atoms with Crippen LogP contribution in [0.4, 0.5) is 4.39 Å². The third-order valence-electron chi connectivity index (χ3n) is 6.45. The molecule has 0 unspecified atom stereocenters. The number of nitrogens with zero attached hydrogens (tertiary/aromatic N) is 2. The summed E-state index contributed by atoms with van der Waals surface area (Å²) in [5.74, 6) is 0.0962. The van der Waals surface area contributed by atoms with E-state index in [1.807, 2.05) is 30.3 Å². The van der Waals surface area contributed by atoms with Gasteiger partial charge in [-0.1, -0.05) is 43.2 Å². The predicted molar refractivity (Wildman–Crippen MR) is 128 cm³/mol. The number of hydrogen-bond donors (Lipinski definition) is 1. The van der Waals surface area contributed by atoms with E-state index in [9.17, 15) is 18.8 Å². The molecule has 0 aliphatic carbocycles. The molecule has 1 saturated heterocycles. The molecule has 7 heteroatoms. The zero-order valence-electron chi connectivity index (χ0n) is 19.4. The number of unbranched alkanes of at least 4 members (excludes halogenated alkanes) is 1. The molecule has 0 spiro atoms. The topological polar surface area (TPSA) is 71.4 Å². The van der Waals surface area contributed by atoms with E-state index in [1.54, 1.807) is 6.20 Å². The maximum atomic E-state index is 12.9. The van der Waals surface area contributed by atoms with Gasteiger partial charge >= 0.3 is 0 Å². The Balaban J connectivity index is 1.60. The number of Topliss-reactive ketones (excluding diaryl/α,β-unsaturated/α-hetero) is 1. The lowest BCUT2D eigenvalue weighted by atomic mass is 9.91. The first-order valence-electron chi connectivity index (χ1n) is 11.8. The summed E-state index contributed by atoms with van der Waals surface area (Å²) in [6, 6.07) is 10.9. The lowest BCUT2D eigenvalue weighted by molar-refractivity contribution is 0.0961. The van der Waals surface area contributed by atoms with Crippen molar-refractivity contribution in [1.29, 1.82) is 0 Å². The highest BCUT2D eigenvalue weighted by molar-refractivity contribution is 6.00. The van der Waals surface area contributed by atoms with E-state index in [-0.39, 0.29) is 18.0 Å². The molecule has 0 bridgehead atoms. The van der Waals surface area contributed by atoms with E-state index in [1.165, 1.54) is 17.7 Å². The third kappa shape index (κ3) is 7.09. The van der Waals surface area contributed by atoms with E-state index in [2.05, 4.69) is 10.2 Å². The van der Waals surface area contributed by atoms with Crippen LogP contribution in [-0.4, -0.2) is 54.5 Å². The van der Waals surface area contributed by atoms with Crippen LogP contribution in [0.2, 0.25) is 0 Å². The maximum absolute atomic E-state index is 12.9. The molecular weight excluding hydrogens is 421 g/mol. The van der Waals surface area contributed by atoms with E-state index in [0.29, 0.717) is 31.0 Å². The molecule has 6 nitrogen and oxygen atoms in total. The first-order chi connectivity index (χ1) is 16.0. The Morgan fingerprint density at radius 3 is 2.52 bits per heavy atom. The number of benzene rings is 1. The Labute approximate surface area is 194 Å². The summed E-state index contributed by atoms with van der Waals surface area (Å²) in [6.07, 6.45) is 6.96. The number of hydrogen-bond acceptors (Lipinski definition) is 4. The smallest absolute Gasteiger partial charge is 0.263 e. The van der Waals surface area contributed by atoms with Gasteiger partial charge in [-0.3, -0.25) is 14.4 Å². The molecule has 1 aliphatic heterocycles. The second kappa shape index (κ2) is 12.4. The normalized spacial score (nSPS) is 14.8. The van der Waals surface area contributed by atoms with Crippen LogP contribution in [-0.2, 0) is 6.54 Å². The van der Waals surface area contributed by atoms with Gasteiger partial charge in [0.15, 0.2) is 5.78 Å². The van der Waals surface area contributed by atoms with Gasteiger partial charge in [0.25, 0.3) is 11.5 Å². The fourth-order valence-corrected chi connectivity index (χ4v) is 4.46. The van der Waals surface area contributed by atoms with Crippen LogP contribution in [0.1, 0.15) is 64.8 Å². The van der Waals surface area contributed by atoms with Crippen LogP contribution in [0, 0.1) is 5.92 Å². The molecule has 2 aromatic rings. The number of aromatic nitrogens is 1. The molecule has 33 heavy (non-hydrogen) atoms. The van der Waals surface area contributed by atoms with Gasteiger partial charge in [-0.05, 0) is 49.9 Å². The van der Waals surface area contributed by atoms with Crippen LogP contribution in [0.3, 0.4) is 0 Å². The summed E-state index contributed by atoms with van der Waals surface area (Å²) in [5.41, 5.74) is 0.890. The third-order valence-corrected chi connectivity index (χ3v) is 6.45. The Morgan fingerprint density at radius 2 is 1.85 bits per heavy atom. The standard InChI is InChI=1S/C26H34FN3O3/c1-28-25(32)23-17-22(19-30(26(23)33)18-21-8-3-2-4-9-21)24(31)10-6-5-7-20-11-14-29(15-12-20)16-13-27/h2-4,8-9,17,19-20H,5-7,10-16,18H2,1H3,(H,28,32). The summed E-state index contributed by atoms with van der Waals surface area (Å²) >= 11 is 0. The van der Waals surface area contributed by atoms with Crippen molar-refractivity contribution in [3.63, 3.8) is 0 Å². The quantitative estimate of drug-likeness (QED) is 0.415.